The third-order valence-corrected chi connectivity index (χ3v) is 5.20. The van der Waals surface area contributed by atoms with Crippen molar-refractivity contribution < 1.29 is 5.11 Å². The Morgan fingerprint density at radius 2 is 1.86 bits per heavy atom. The lowest BCUT2D eigenvalue weighted by Gasteiger charge is -2.41. The van der Waals surface area contributed by atoms with Gasteiger partial charge in [-0.25, -0.2) is 0 Å². The summed E-state index contributed by atoms with van der Waals surface area (Å²) in [5.41, 5.74) is -0.0373. The molecule has 2 aliphatic rings. The molecule has 0 amide bonds. The number of rotatable bonds is 9. The second-order valence-corrected chi connectivity index (χ2v) is 7.50. The Labute approximate surface area is 130 Å². The molecule has 2 rings (SSSR count). The first kappa shape index (κ1) is 17.2. The molecule has 4 heteroatoms. The minimum absolute atomic E-state index is 0.0373. The van der Waals surface area contributed by atoms with Crippen LogP contribution in [0, 0.1) is 11.8 Å². The monoisotopic (exact) mass is 297 g/mol. The van der Waals surface area contributed by atoms with Gasteiger partial charge in [0, 0.05) is 13.1 Å². The van der Waals surface area contributed by atoms with Crippen LogP contribution in [0.1, 0.15) is 39.0 Å². The van der Waals surface area contributed by atoms with Crippen LogP contribution in [0.2, 0.25) is 0 Å². The fourth-order valence-corrected chi connectivity index (χ4v) is 3.82. The Balaban J connectivity index is 1.84. The zero-order valence-corrected chi connectivity index (χ0v) is 14.3. The summed E-state index contributed by atoms with van der Waals surface area (Å²) >= 11 is 0. The van der Waals surface area contributed by atoms with Crippen LogP contribution >= 0.6 is 0 Å². The highest BCUT2D eigenvalue weighted by Gasteiger charge is 2.45. The van der Waals surface area contributed by atoms with Gasteiger partial charge in [-0.2, -0.15) is 0 Å². The molecule has 1 aliphatic carbocycles. The van der Waals surface area contributed by atoms with E-state index in [1.54, 1.807) is 0 Å². The summed E-state index contributed by atoms with van der Waals surface area (Å²) in [6, 6.07) is 0. The summed E-state index contributed by atoms with van der Waals surface area (Å²) in [6.07, 6.45) is 6.32. The van der Waals surface area contributed by atoms with Gasteiger partial charge >= 0.3 is 0 Å². The summed E-state index contributed by atoms with van der Waals surface area (Å²) in [5.74, 6) is 1.54. The molecule has 1 atom stereocenters. The van der Waals surface area contributed by atoms with E-state index < -0.39 is 0 Å². The van der Waals surface area contributed by atoms with E-state index >= 15 is 0 Å². The van der Waals surface area contributed by atoms with Crippen molar-refractivity contribution in [1.82, 2.24) is 15.1 Å². The average molecular weight is 297 g/mol. The van der Waals surface area contributed by atoms with Crippen LogP contribution in [0.15, 0.2) is 0 Å². The van der Waals surface area contributed by atoms with E-state index in [-0.39, 0.29) is 12.1 Å². The molecule has 21 heavy (non-hydrogen) atoms. The molecule has 0 bridgehead atoms. The van der Waals surface area contributed by atoms with Crippen LogP contribution in [0.3, 0.4) is 0 Å². The summed E-state index contributed by atoms with van der Waals surface area (Å²) in [4.78, 5) is 4.90. The second kappa shape index (κ2) is 7.91. The number of hydrogen-bond donors (Lipinski definition) is 2. The smallest absolute Gasteiger partial charge is 0.0628 e. The molecule has 1 saturated carbocycles. The maximum Gasteiger partial charge on any atom is 0.0628 e. The third kappa shape index (κ3) is 4.92. The molecule has 2 fully saturated rings. The highest BCUT2D eigenvalue weighted by Crippen LogP contribution is 2.40. The third-order valence-electron chi connectivity index (χ3n) is 5.20. The van der Waals surface area contributed by atoms with Gasteiger partial charge in [0.05, 0.1) is 12.1 Å². The van der Waals surface area contributed by atoms with Crippen LogP contribution in [0.5, 0.6) is 0 Å². The van der Waals surface area contributed by atoms with Gasteiger partial charge in [0.15, 0.2) is 0 Å². The maximum atomic E-state index is 10.0. The normalized spacial score (nSPS) is 24.4. The highest BCUT2D eigenvalue weighted by atomic mass is 16.3. The summed E-state index contributed by atoms with van der Waals surface area (Å²) < 4.78 is 0. The molecule has 1 heterocycles. The number of piperidine rings is 1. The predicted octanol–water partition coefficient (Wildman–Crippen LogP) is 1.40. The molecule has 0 radical (unpaired) electrons. The first-order chi connectivity index (χ1) is 10.1. The number of nitrogens with one attached hydrogen (secondary N) is 1. The van der Waals surface area contributed by atoms with Gasteiger partial charge in [-0.15, -0.1) is 0 Å². The van der Waals surface area contributed by atoms with E-state index in [1.807, 2.05) is 0 Å². The lowest BCUT2D eigenvalue weighted by Crippen LogP contribution is -2.59. The standard InChI is InChI=1S/C17H35N3O/c1-4-9-18-17(14-21,16-5-6-16)13-20-10-7-15(8-11-20)12-19(2)3/h15-16,18,21H,4-14H2,1-3H3. The number of aliphatic hydroxyl groups excluding tert-OH is 1. The topological polar surface area (TPSA) is 38.7 Å². The van der Waals surface area contributed by atoms with E-state index in [1.165, 1.54) is 45.3 Å². The van der Waals surface area contributed by atoms with Gasteiger partial charge in [0.2, 0.25) is 0 Å². The molecule has 1 saturated heterocycles. The van der Waals surface area contributed by atoms with E-state index in [0.29, 0.717) is 5.92 Å². The molecule has 4 nitrogen and oxygen atoms in total. The Bertz CT molecular complexity index is 298. The van der Waals surface area contributed by atoms with Crippen molar-refractivity contribution in [1.29, 1.82) is 0 Å². The number of hydrogen-bond acceptors (Lipinski definition) is 4. The lowest BCUT2D eigenvalue weighted by molar-refractivity contribution is 0.0694. The number of likely N-dealkylation sites (tertiary alicyclic amines) is 1. The van der Waals surface area contributed by atoms with Gasteiger partial charge in [0.25, 0.3) is 0 Å². The van der Waals surface area contributed by atoms with Gasteiger partial charge in [-0.3, -0.25) is 0 Å². The highest BCUT2D eigenvalue weighted by molar-refractivity contribution is 5.03. The van der Waals surface area contributed by atoms with Crippen LogP contribution in [-0.4, -0.2) is 73.9 Å². The quantitative estimate of drug-likeness (QED) is 0.675. The summed E-state index contributed by atoms with van der Waals surface area (Å²) in [7, 11) is 4.34. The van der Waals surface area contributed by atoms with Crippen molar-refractivity contribution >= 4 is 0 Å². The molecular weight excluding hydrogens is 262 g/mol. The summed E-state index contributed by atoms with van der Waals surface area (Å²) in [6.45, 7) is 8.15. The van der Waals surface area contributed by atoms with Crippen LogP contribution < -0.4 is 5.32 Å². The van der Waals surface area contributed by atoms with Crippen molar-refractivity contribution in [2.45, 2.75) is 44.6 Å². The Hall–Kier alpha value is -0.160. The minimum Gasteiger partial charge on any atom is -0.394 e. The molecule has 124 valence electrons. The molecule has 1 aliphatic heterocycles. The first-order valence-corrected chi connectivity index (χ1v) is 8.82. The van der Waals surface area contributed by atoms with Crippen LogP contribution in [0.25, 0.3) is 0 Å². The SMILES string of the molecule is CCCNC(CO)(CN1CCC(CN(C)C)CC1)C1CC1. The van der Waals surface area contributed by atoms with Crippen LogP contribution in [0.4, 0.5) is 0 Å². The van der Waals surface area contributed by atoms with E-state index in [9.17, 15) is 5.11 Å². The average Bonchev–Trinajstić information content (AvgIpc) is 3.30. The van der Waals surface area contributed by atoms with E-state index in [2.05, 4.69) is 36.1 Å². The van der Waals surface area contributed by atoms with Crippen molar-refractivity contribution in [2.75, 3.05) is 53.4 Å². The minimum atomic E-state index is -0.0373. The molecule has 2 N–H and O–H groups in total. The van der Waals surface area contributed by atoms with Crippen LogP contribution in [-0.2, 0) is 0 Å². The van der Waals surface area contributed by atoms with E-state index in [0.717, 1.165) is 25.4 Å². The maximum absolute atomic E-state index is 10.0. The van der Waals surface area contributed by atoms with Crippen molar-refractivity contribution in [2.24, 2.45) is 11.8 Å². The largest absolute Gasteiger partial charge is 0.394 e. The fraction of sp³-hybridized carbons (Fsp3) is 1.00. The molecule has 1 unspecified atom stereocenters. The lowest BCUT2D eigenvalue weighted by atomic mass is 9.90. The van der Waals surface area contributed by atoms with Gasteiger partial charge in [-0.05, 0) is 77.7 Å². The molecule has 0 aromatic heterocycles. The van der Waals surface area contributed by atoms with E-state index in [4.69, 9.17) is 0 Å². The number of aliphatic hydroxyl groups is 1. The van der Waals surface area contributed by atoms with Crippen molar-refractivity contribution in [3.05, 3.63) is 0 Å². The Morgan fingerprint density at radius 1 is 1.19 bits per heavy atom. The van der Waals surface area contributed by atoms with Crippen molar-refractivity contribution in [3.63, 3.8) is 0 Å². The van der Waals surface area contributed by atoms with Crippen molar-refractivity contribution in [3.8, 4) is 0 Å². The summed E-state index contributed by atoms with van der Waals surface area (Å²) in [5, 5.41) is 13.7. The predicted molar refractivity (Wildman–Crippen MR) is 88.6 cm³/mol. The molecular formula is C17H35N3O. The fourth-order valence-electron chi connectivity index (χ4n) is 3.82. The second-order valence-electron chi connectivity index (χ2n) is 7.50. The zero-order valence-electron chi connectivity index (χ0n) is 14.3. The first-order valence-electron chi connectivity index (χ1n) is 8.82. The van der Waals surface area contributed by atoms with Gasteiger partial charge in [0.1, 0.15) is 0 Å². The van der Waals surface area contributed by atoms with Gasteiger partial charge in [-0.1, -0.05) is 6.92 Å². The molecule has 0 aromatic carbocycles. The number of nitrogens with zero attached hydrogens (tertiary/aromatic N) is 2. The Morgan fingerprint density at radius 3 is 2.33 bits per heavy atom. The Kier molecular flexibility index (Phi) is 6.48. The molecule has 0 spiro atoms. The van der Waals surface area contributed by atoms with Gasteiger partial charge < -0.3 is 20.2 Å². The molecule has 0 aromatic rings. The zero-order chi connectivity index (χ0) is 15.3.